The Balaban J connectivity index is 1.74. The van der Waals surface area contributed by atoms with Gasteiger partial charge in [0.25, 0.3) is 10.0 Å². The summed E-state index contributed by atoms with van der Waals surface area (Å²) in [6.45, 7) is 6.83. The minimum absolute atomic E-state index is 0.101. The maximum Gasteiger partial charge on any atom is 0.261 e. The number of aryl methyl sites for hydroxylation is 1. The Labute approximate surface area is 190 Å². The summed E-state index contributed by atoms with van der Waals surface area (Å²) in [5.41, 5.74) is 2.84. The number of hydrogen-bond acceptors (Lipinski definition) is 4. The second kappa shape index (κ2) is 10.2. The highest BCUT2D eigenvalue weighted by molar-refractivity contribution is 7.92. The first kappa shape index (κ1) is 23.8. The van der Waals surface area contributed by atoms with Gasteiger partial charge >= 0.3 is 0 Å². The Hall–Kier alpha value is -2.87. The normalized spacial score (nSPS) is 13.8. The Morgan fingerprint density at radius 1 is 1.06 bits per heavy atom. The molecule has 7 nitrogen and oxygen atoms in total. The minimum atomic E-state index is -3.78. The molecule has 2 N–H and O–H groups in total. The quantitative estimate of drug-likeness (QED) is 0.577. The molecule has 2 aromatic carbocycles. The maximum absolute atomic E-state index is 12.8. The van der Waals surface area contributed by atoms with E-state index < -0.39 is 10.0 Å². The molecule has 0 saturated heterocycles. The molecule has 1 heterocycles. The summed E-state index contributed by atoms with van der Waals surface area (Å²) in [6, 6.07) is 11.4. The number of rotatable bonds is 9. The molecule has 0 fully saturated rings. The molecule has 2 amide bonds. The van der Waals surface area contributed by atoms with Crippen LogP contribution in [0, 0.1) is 5.92 Å². The Morgan fingerprint density at radius 3 is 2.41 bits per heavy atom. The van der Waals surface area contributed by atoms with E-state index in [2.05, 4.69) is 23.9 Å². The molecule has 0 spiro atoms. The summed E-state index contributed by atoms with van der Waals surface area (Å²) >= 11 is 0. The van der Waals surface area contributed by atoms with Crippen LogP contribution in [-0.2, 0) is 26.0 Å². The van der Waals surface area contributed by atoms with Crippen molar-refractivity contribution >= 4 is 38.9 Å². The summed E-state index contributed by atoms with van der Waals surface area (Å²) < 4.78 is 28.3. The van der Waals surface area contributed by atoms with Crippen molar-refractivity contribution in [3.8, 4) is 0 Å². The van der Waals surface area contributed by atoms with Gasteiger partial charge in [-0.25, -0.2) is 8.42 Å². The Morgan fingerprint density at radius 2 is 1.75 bits per heavy atom. The number of fused-ring (bicyclic) bond motifs is 1. The molecule has 0 aliphatic carbocycles. The van der Waals surface area contributed by atoms with Crippen molar-refractivity contribution in [2.75, 3.05) is 21.5 Å². The van der Waals surface area contributed by atoms with Gasteiger partial charge in [0.1, 0.15) is 0 Å². The minimum Gasteiger partial charge on any atom is -0.326 e. The van der Waals surface area contributed by atoms with Crippen LogP contribution < -0.4 is 14.9 Å². The van der Waals surface area contributed by atoms with E-state index in [1.165, 1.54) is 12.1 Å². The molecule has 0 aromatic heterocycles. The summed E-state index contributed by atoms with van der Waals surface area (Å²) in [5.74, 6) is 0.499. The number of anilines is 3. The lowest BCUT2D eigenvalue weighted by Crippen LogP contribution is -2.36. The molecule has 172 valence electrons. The van der Waals surface area contributed by atoms with E-state index >= 15 is 0 Å². The molecule has 8 heteroatoms. The lowest BCUT2D eigenvalue weighted by Gasteiger charge is -2.30. The van der Waals surface area contributed by atoms with Crippen LogP contribution in [0.3, 0.4) is 0 Å². The lowest BCUT2D eigenvalue weighted by atomic mass is 9.99. The molecule has 1 aliphatic heterocycles. The zero-order chi connectivity index (χ0) is 23.3. The highest BCUT2D eigenvalue weighted by Gasteiger charge is 2.25. The third-order valence-electron chi connectivity index (χ3n) is 5.39. The highest BCUT2D eigenvalue weighted by atomic mass is 32.2. The fraction of sp³-hybridized carbons (Fsp3) is 0.417. The molecule has 0 saturated carbocycles. The van der Waals surface area contributed by atoms with Crippen molar-refractivity contribution in [1.29, 1.82) is 0 Å². The fourth-order valence-electron chi connectivity index (χ4n) is 3.64. The summed E-state index contributed by atoms with van der Waals surface area (Å²) in [7, 11) is -3.78. The molecule has 1 aliphatic rings. The third-order valence-corrected chi connectivity index (χ3v) is 6.78. The molecular weight excluding hydrogens is 426 g/mol. The Bertz CT molecular complexity index is 1080. The highest BCUT2D eigenvalue weighted by Crippen LogP contribution is 2.31. The topological polar surface area (TPSA) is 95.6 Å². The summed E-state index contributed by atoms with van der Waals surface area (Å²) in [5, 5.41) is 2.74. The molecule has 0 radical (unpaired) electrons. The van der Waals surface area contributed by atoms with Crippen LogP contribution in [0.25, 0.3) is 0 Å². The number of nitrogens with zero attached hydrogens (tertiary/aromatic N) is 1. The van der Waals surface area contributed by atoms with Crippen LogP contribution in [0.2, 0.25) is 0 Å². The first-order valence-corrected chi connectivity index (χ1v) is 12.5. The van der Waals surface area contributed by atoms with Crippen molar-refractivity contribution in [1.82, 2.24) is 0 Å². The van der Waals surface area contributed by atoms with Crippen LogP contribution >= 0.6 is 0 Å². The standard InChI is InChI=1S/C24H31N3O4S/c1-4-5-23(28)25-19-7-10-21(11-8-19)32(30,31)26-20-9-12-22-18(16-20)6-13-24(29)27(22)15-14-17(2)3/h7-12,16-17,26H,4-6,13-15H2,1-3H3,(H,25,28). The second-order valence-electron chi connectivity index (χ2n) is 8.50. The average molecular weight is 458 g/mol. The van der Waals surface area contributed by atoms with Crippen molar-refractivity contribution in [3.05, 3.63) is 48.0 Å². The van der Waals surface area contributed by atoms with Crippen molar-refractivity contribution in [2.24, 2.45) is 5.92 Å². The molecule has 3 rings (SSSR count). The first-order valence-electron chi connectivity index (χ1n) is 11.1. The van der Waals surface area contributed by atoms with Crippen LogP contribution in [0.15, 0.2) is 47.4 Å². The first-order chi connectivity index (χ1) is 15.2. The van der Waals surface area contributed by atoms with Crippen molar-refractivity contribution < 1.29 is 18.0 Å². The zero-order valence-corrected chi connectivity index (χ0v) is 19.7. The number of amides is 2. The number of carbonyl (C=O) groups excluding carboxylic acids is 2. The van der Waals surface area contributed by atoms with Gasteiger partial charge in [-0.3, -0.25) is 14.3 Å². The fourth-order valence-corrected chi connectivity index (χ4v) is 4.69. The van der Waals surface area contributed by atoms with Gasteiger partial charge in [0.15, 0.2) is 0 Å². The number of nitrogens with one attached hydrogen (secondary N) is 2. The van der Waals surface area contributed by atoms with Crippen molar-refractivity contribution in [3.63, 3.8) is 0 Å². The van der Waals surface area contributed by atoms with Crippen molar-refractivity contribution in [2.45, 2.75) is 57.8 Å². The van der Waals surface area contributed by atoms with E-state index in [4.69, 9.17) is 0 Å². The average Bonchev–Trinajstić information content (AvgIpc) is 2.73. The van der Waals surface area contributed by atoms with Crippen LogP contribution in [-0.4, -0.2) is 26.8 Å². The molecule has 0 unspecified atom stereocenters. The number of carbonyl (C=O) groups is 2. The van der Waals surface area contributed by atoms with Gasteiger partial charge in [-0.1, -0.05) is 20.8 Å². The zero-order valence-electron chi connectivity index (χ0n) is 18.8. The van der Waals surface area contributed by atoms with Gasteiger partial charge in [-0.05, 0) is 73.2 Å². The van der Waals surface area contributed by atoms with Gasteiger partial charge in [0.2, 0.25) is 11.8 Å². The third kappa shape index (κ3) is 5.88. The van der Waals surface area contributed by atoms with E-state index in [1.807, 2.05) is 17.9 Å². The van der Waals surface area contributed by atoms with E-state index in [0.717, 1.165) is 24.1 Å². The van der Waals surface area contributed by atoms with E-state index in [9.17, 15) is 18.0 Å². The molecule has 2 aromatic rings. The maximum atomic E-state index is 12.8. The Kier molecular flexibility index (Phi) is 7.56. The van der Waals surface area contributed by atoms with Crippen LogP contribution in [0.4, 0.5) is 17.1 Å². The van der Waals surface area contributed by atoms with Crippen LogP contribution in [0.5, 0.6) is 0 Å². The molecule has 0 bridgehead atoms. The predicted octanol–water partition coefficient (Wildman–Crippen LogP) is 4.55. The SMILES string of the molecule is CCCC(=O)Nc1ccc(S(=O)(=O)Nc2ccc3c(c2)CCC(=O)N3CCC(C)C)cc1. The predicted molar refractivity (Wildman–Crippen MR) is 127 cm³/mol. The smallest absolute Gasteiger partial charge is 0.261 e. The molecule has 0 atom stereocenters. The van der Waals surface area contributed by atoms with E-state index in [1.54, 1.807) is 24.3 Å². The summed E-state index contributed by atoms with van der Waals surface area (Å²) in [4.78, 5) is 26.0. The molecule has 32 heavy (non-hydrogen) atoms. The van der Waals surface area contributed by atoms with Gasteiger partial charge in [0, 0.05) is 36.4 Å². The molecular formula is C24H31N3O4S. The number of hydrogen-bond donors (Lipinski definition) is 2. The lowest BCUT2D eigenvalue weighted by molar-refractivity contribution is -0.119. The number of sulfonamides is 1. The monoisotopic (exact) mass is 457 g/mol. The summed E-state index contributed by atoms with van der Waals surface area (Å²) in [6.07, 6.45) is 3.09. The van der Waals surface area contributed by atoms with Gasteiger partial charge in [0.05, 0.1) is 4.90 Å². The van der Waals surface area contributed by atoms with Gasteiger partial charge < -0.3 is 10.2 Å². The van der Waals surface area contributed by atoms with E-state index in [0.29, 0.717) is 43.1 Å². The van der Waals surface area contributed by atoms with Crippen LogP contribution in [0.1, 0.15) is 52.0 Å². The van der Waals surface area contributed by atoms with Gasteiger partial charge in [-0.15, -0.1) is 0 Å². The number of benzene rings is 2. The largest absolute Gasteiger partial charge is 0.326 e. The van der Waals surface area contributed by atoms with Gasteiger partial charge in [-0.2, -0.15) is 0 Å². The van der Waals surface area contributed by atoms with E-state index in [-0.39, 0.29) is 16.7 Å². The second-order valence-corrected chi connectivity index (χ2v) is 10.2.